The van der Waals surface area contributed by atoms with E-state index in [4.69, 9.17) is 23.2 Å². The number of nitrogens with zero attached hydrogens (tertiary/aromatic N) is 4. The molecular formula is C11H10Cl2N4O2. The Hall–Kier alpha value is -1.66. The number of carbonyl (C=O) groups is 1. The lowest BCUT2D eigenvalue weighted by atomic mass is 10.1. The summed E-state index contributed by atoms with van der Waals surface area (Å²) in [5, 5.41) is 20.9. The summed E-state index contributed by atoms with van der Waals surface area (Å²) in [6.07, 6.45) is 1.44. The van der Waals surface area contributed by atoms with Crippen molar-refractivity contribution in [2.24, 2.45) is 0 Å². The van der Waals surface area contributed by atoms with Gasteiger partial charge in [0.15, 0.2) is 5.82 Å². The number of hydrogen-bond donors (Lipinski definition) is 1. The number of aryl methyl sites for hydroxylation is 1. The highest BCUT2D eigenvalue weighted by Gasteiger charge is 2.20. The SMILES string of the molecule is CCCc1nnnn1-c1c(Cl)cc(Cl)cc1C(=O)O. The van der Waals surface area contributed by atoms with Crippen LogP contribution in [0.5, 0.6) is 0 Å². The van der Waals surface area contributed by atoms with E-state index in [0.29, 0.717) is 12.2 Å². The Labute approximate surface area is 118 Å². The molecule has 0 aliphatic heterocycles. The van der Waals surface area contributed by atoms with Gasteiger partial charge >= 0.3 is 5.97 Å². The lowest BCUT2D eigenvalue weighted by Crippen LogP contribution is -2.10. The first-order valence-electron chi connectivity index (χ1n) is 5.54. The smallest absolute Gasteiger partial charge is 0.338 e. The Morgan fingerprint density at radius 1 is 1.42 bits per heavy atom. The number of carboxylic acids is 1. The van der Waals surface area contributed by atoms with Gasteiger partial charge in [-0.2, -0.15) is 4.68 Å². The van der Waals surface area contributed by atoms with Crippen LogP contribution in [0.2, 0.25) is 10.0 Å². The highest BCUT2D eigenvalue weighted by Crippen LogP contribution is 2.29. The van der Waals surface area contributed by atoms with Crippen molar-refractivity contribution >= 4 is 29.2 Å². The zero-order chi connectivity index (χ0) is 14.0. The second-order valence-electron chi connectivity index (χ2n) is 3.85. The van der Waals surface area contributed by atoms with E-state index >= 15 is 0 Å². The first kappa shape index (κ1) is 13.8. The Bertz CT molecular complexity index is 627. The van der Waals surface area contributed by atoms with Gasteiger partial charge in [0.1, 0.15) is 5.69 Å². The van der Waals surface area contributed by atoms with Gasteiger partial charge in [0.2, 0.25) is 0 Å². The number of hydrogen-bond acceptors (Lipinski definition) is 4. The van der Waals surface area contributed by atoms with Gasteiger partial charge in [-0.3, -0.25) is 0 Å². The minimum Gasteiger partial charge on any atom is -0.478 e. The molecule has 2 aromatic rings. The summed E-state index contributed by atoms with van der Waals surface area (Å²) in [5.41, 5.74) is 0.189. The molecular weight excluding hydrogens is 291 g/mol. The van der Waals surface area contributed by atoms with E-state index in [2.05, 4.69) is 15.5 Å². The minimum atomic E-state index is -1.14. The van der Waals surface area contributed by atoms with Gasteiger partial charge in [0, 0.05) is 11.4 Å². The van der Waals surface area contributed by atoms with Crippen molar-refractivity contribution in [2.75, 3.05) is 0 Å². The molecule has 1 aromatic heterocycles. The van der Waals surface area contributed by atoms with Crippen LogP contribution >= 0.6 is 23.2 Å². The molecule has 19 heavy (non-hydrogen) atoms. The summed E-state index contributed by atoms with van der Waals surface area (Å²) in [6, 6.07) is 2.78. The predicted octanol–water partition coefficient (Wildman–Crippen LogP) is 2.62. The fourth-order valence-electron chi connectivity index (χ4n) is 1.70. The molecule has 0 atom stereocenters. The topological polar surface area (TPSA) is 80.9 Å². The Balaban J connectivity index is 2.67. The van der Waals surface area contributed by atoms with Crippen LogP contribution in [0.15, 0.2) is 12.1 Å². The van der Waals surface area contributed by atoms with E-state index in [1.807, 2.05) is 6.92 Å². The first-order valence-corrected chi connectivity index (χ1v) is 6.30. The van der Waals surface area contributed by atoms with Crippen LogP contribution in [0.4, 0.5) is 0 Å². The highest BCUT2D eigenvalue weighted by molar-refractivity contribution is 6.36. The Morgan fingerprint density at radius 2 is 2.16 bits per heavy atom. The fraction of sp³-hybridized carbons (Fsp3) is 0.273. The summed E-state index contributed by atoms with van der Waals surface area (Å²) in [5.74, 6) is -0.591. The molecule has 0 radical (unpaired) electrons. The lowest BCUT2D eigenvalue weighted by molar-refractivity contribution is 0.0696. The largest absolute Gasteiger partial charge is 0.478 e. The molecule has 0 amide bonds. The Kier molecular flexibility index (Phi) is 4.01. The predicted molar refractivity (Wildman–Crippen MR) is 70.1 cm³/mol. The molecule has 1 aromatic carbocycles. The van der Waals surface area contributed by atoms with E-state index in [0.717, 1.165) is 6.42 Å². The molecule has 8 heteroatoms. The second kappa shape index (κ2) is 5.54. The Morgan fingerprint density at radius 3 is 2.79 bits per heavy atom. The van der Waals surface area contributed by atoms with Crippen LogP contribution in [-0.4, -0.2) is 31.3 Å². The molecule has 0 unspecified atom stereocenters. The molecule has 0 aliphatic carbocycles. The molecule has 1 N–H and O–H groups in total. The number of benzene rings is 1. The molecule has 100 valence electrons. The average Bonchev–Trinajstić information content (AvgIpc) is 2.76. The van der Waals surface area contributed by atoms with E-state index < -0.39 is 5.97 Å². The van der Waals surface area contributed by atoms with Gasteiger partial charge in [-0.15, -0.1) is 5.10 Å². The van der Waals surface area contributed by atoms with Crippen molar-refractivity contribution in [1.29, 1.82) is 0 Å². The van der Waals surface area contributed by atoms with Crippen molar-refractivity contribution in [3.05, 3.63) is 33.6 Å². The molecule has 1 heterocycles. The number of halogens is 2. The molecule has 0 spiro atoms. The highest BCUT2D eigenvalue weighted by atomic mass is 35.5. The monoisotopic (exact) mass is 300 g/mol. The third kappa shape index (κ3) is 2.69. The maximum absolute atomic E-state index is 11.3. The van der Waals surface area contributed by atoms with Crippen LogP contribution in [-0.2, 0) is 6.42 Å². The third-order valence-electron chi connectivity index (χ3n) is 2.48. The molecule has 2 rings (SSSR count). The van der Waals surface area contributed by atoms with Crippen molar-refractivity contribution in [3.8, 4) is 5.69 Å². The van der Waals surface area contributed by atoms with Crippen molar-refractivity contribution in [3.63, 3.8) is 0 Å². The van der Waals surface area contributed by atoms with Crippen molar-refractivity contribution < 1.29 is 9.90 Å². The van der Waals surface area contributed by atoms with Gasteiger partial charge in [0.05, 0.1) is 10.6 Å². The maximum atomic E-state index is 11.3. The van der Waals surface area contributed by atoms with Gasteiger partial charge in [-0.1, -0.05) is 30.1 Å². The standard InChI is InChI=1S/C11H10Cl2N4O2/c1-2-3-9-14-15-16-17(9)10-7(11(18)19)4-6(12)5-8(10)13/h4-5H,2-3H2,1H3,(H,18,19). The van der Waals surface area contributed by atoms with Crippen LogP contribution in [0.3, 0.4) is 0 Å². The summed E-state index contributed by atoms with van der Waals surface area (Å²) < 4.78 is 1.34. The minimum absolute atomic E-state index is 0.0397. The molecule has 0 saturated carbocycles. The van der Waals surface area contributed by atoms with Crippen LogP contribution in [0, 0.1) is 0 Å². The van der Waals surface area contributed by atoms with E-state index in [1.54, 1.807) is 0 Å². The average molecular weight is 301 g/mol. The van der Waals surface area contributed by atoms with E-state index in [9.17, 15) is 9.90 Å². The van der Waals surface area contributed by atoms with Gasteiger partial charge in [0.25, 0.3) is 0 Å². The van der Waals surface area contributed by atoms with Crippen molar-refractivity contribution in [2.45, 2.75) is 19.8 Å². The van der Waals surface area contributed by atoms with E-state index in [1.165, 1.54) is 16.8 Å². The molecule has 0 fully saturated rings. The quantitative estimate of drug-likeness (QED) is 0.938. The van der Waals surface area contributed by atoms with Crippen LogP contribution in [0.25, 0.3) is 5.69 Å². The van der Waals surface area contributed by atoms with Gasteiger partial charge in [-0.05, 0) is 29.0 Å². The summed E-state index contributed by atoms with van der Waals surface area (Å²) in [7, 11) is 0. The summed E-state index contributed by atoms with van der Waals surface area (Å²) >= 11 is 11.9. The summed E-state index contributed by atoms with van der Waals surface area (Å²) in [4.78, 5) is 11.3. The molecule has 0 bridgehead atoms. The normalized spacial score (nSPS) is 10.7. The fourth-order valence-corrected chi connectivity index (χ4v) is 2.28. The third-order valence-corrected chi connectivity index (χ3v) is 2.98. The van der Waals surface area contributed by atoms with Crippen LogP contribution in [0.1, 0.15) is 29.5 Å². The van der Waals surface area contributed by atoms with Crippen LogP contribution < -0.4 is 0 Å². The second-order valence-corrected chi connectivity index (χ2v) is 4.69. The first-order chi connectivity index (χ1) is 9.04. The molecule has 0 aliphatic rings. The number of tetrazole rings is 1. The lowest BCUT2D eigenvalue weighted by Gasteiger charge is -2.10. The van der Waals surface area contributed by atoms with Gasteiger partial charge in [-0.25, -0.2) is 4.79 Å². The maximum Gasteiger partial charge on any atom is 0.338 e. The van der Waals surface area contributed by atoms with E-state index in [-0.39, 0.29) is 21.3 Å². The number of aromatic carboxylic acids is 1. The molecule has 0 saturated heterocycles. The molecule has 6 nitrogen and oxygen atoms in total. The number of carboxylic acid groups (broad SMARTS) is 1. The zero-order valence-electron chi connectivity index (χ0n) is 9.97. The van der Waals surface area contributed by atoms with Gasteiger partial charge < -0.3 is 5.11 Å². The zero-order valence-corrected chi connectivity index (χ0v) is 11.5. The summed E-state index contributed by atoms with van der Waals surface area (Å²) in [6.45, 7) is 1.97. The number of rotatable bonds is 4. The van der Waals surface area contributed by atoms with Crippen molar-refractivity contribution in [1.82, 2.24) is 20.2 Å². The number of aromatic nitrogens is 4.